The molecule has 2 saturated carbocycles. The monoisotopic (exact) mass is 416 g/mol. The van der Waals surface area contributed by atoms with E-state index in [0.29, 0.717) is 12.0 Å². The van der Waals surface area contributed by atoms with Crippen molar-refractivity contribution < 1.29 is 18.9 Å². The van der Waals surface area contributed by atoms with Crippen molar-refractivity contribution >= 4 is 0 Å². The Balaban J connectivity index is 1.53. The van der Waals surface area contributed by atoms with Gasteiger partial charge in [0.15, 0.2) is 5.79 Å². The van der Waals surface area contributed by atoms with Gasteiger partial charge in [0.2, 0.25) is 5.79 Å². The van der Waals surface area contributed by atoms with Crippen molar-refractivity contribution in [2.24, 2.45) is 17.3 Å². The number of hydrogen-bond acceptors (Lipinski definition) is 4. The normalized spacial score (nSPS) is 33.6. The molecule has 0 amide bonds. The zero-order valence-corrected chi connectivity index (χ0v) is 19.9. The van der Waals surface area contributed by atoms with E-state index < -0.39 is 11.6 Å². The molecule has 0 radical (unpaired) electrons. The Labute approximate surface area is 182 Å². The predicted molar refractivity (Wildman–Crippen MR) is 119 cm³/mol. The second-order valence-corrected chi connectivity index (χ2v) is 10.8. The Kier molecular flexibility index (Phi) is 5.74. The molecule has 3 unspecified atom stereocenters. The summed E-state index contributed by atoms with van der Waals surface area (Å²) in [6.45, 7) is 10.5. The maximum atomic E-state index is 6.49. The lowest BCUT2D eigenvalue weighted by Gasteiger charge is -2.51. The summed E-state index contributed by atoms with van der Waals surface area (Å²) in [5.41, 5.74) is 3.29. The molecule has 4 heteroatoms. The van der Waals surface area contributed by atoms with Gasteiger partial charge in [-0.2, -0.15) is 0 Å². The molecule has 3 aliphatic carbocycles. The molecule has 1 aromatic carbocycles. The highest BCUT2D eigenvalue weighted by Crippen LogP contribution is 2.62. The first-order chi connectivity index (χ1) is 14.1. The summed E-state index contributed by atoms with van der Waals surface area (Å²) in [6, 6.07) is 6.71. The Bertz CT molecular complexity index is 770. The minimum atomic E-state index is -0.604. The van der Waals surface area contributed by atoms with Gasteiger partial charge in [0.1, 0.15) is 5.75 Å². The minimum Gasteiger partial charge on any atom is -0.463 e. The van der Waals surface area contributed by atoms with Crippen LogP contribution in [0.2, 0.25) is 0 Å². The van der Waals surface area contributed by atoms with E-state index in [1.807, 2.05) is 27.7 Å². The van der Waals surface area contributed by atoms with Crippen molar-refractivity contribution in [3.63, 3.8) is 0 Å². The van der Waals surface area contributed by atoms with Crippen LogP contribution in [-0.2, 0) is 20.6 Å². The fourth-order valence-electron chi connectivity index (χ4n) is 6.48. The summed E-state index contributed by atoms with van der Waals surface area (Å²) in [5.74, 6) is 1.97. The first kappa shape index (κ1) is 22.1. The fraction of sp³-hybridized carbons (Fsp3) is 0.769. The molecule has 0 spiro atoms. The third-order valence-electron chi connectivity index (χ3n) is 8.38. The van der Waals surface area contributed by atoms with E-state index in [9.17, 15) is 0 Å². The molecule has 0 heterocycles. The van der Waals surface area contributed by atoms with Crippen molar-refractivity contribution in [1.82, 2.24) is 0 Å². The molecule has 4 rings (SSSR count). The van der Waals surface area contributed by atoms with Gasteiger partial charge in [-0.15, -0.1) is 0 Å². The number of aryl methyl sites for hydroxylation is 1. The van der Waals surface area contributed by atoms with Crippen LogP contribution in [0.4, 0.5) is 0 Å². The molecule has 30 heavy (non-hydrogen) atoms. The third kappa shape index (κ3) is 3.91. The molecule has 2 fully saturated rings. The summed E-state index contributed by atoms with van der Waals surface area (Å²) in [7, 11) is 3.43. The van der Waals surface area contributed by atoms with Crippen molar-refractivity contribution in [2.75, 3.05) is 14.2 Å². The number of rotatable bonds is 6. The molecule has 168 valence electrons. The zero-order valence-electron chi connectivity index (χ0n) is 19.9. The summed E-state index contributed by atoms with van der Waals surface area (Å²) in [5, 5.41) is 0. The largest absolute Gasteiger partial charge is 0.463 e. The minimum absolute atomic E-state index is 0.264. The number of benzene rings is 1. The quantitative estimate of drug-likeness (QED) is 0.527. The highest BCUT2D eigenvalue weighted by Gasteiger charge is 2.56. The summed E-state index contributed by atoms with van der Waals surface area (Å²) in [6.07, 6.45) is 7.63. The van der Waals surface area contributed by atoms with E-state index in [1.54, 1.807) is 19.8 Å². The van der Waals surface area contributed by atoms with Gasteiger partial charge in [0.05, 0.1) is 6.10 Å². The van der Waals surface area contributed by atoms with Gasteiger partial charge in [-0.05, 0) is 98.8 Å². The van der Waals surface area contributed by atoms with Crippen LogP contribution in [0.5, 0.6) is 5.75 Å². The highest BCUT2D eigenvalue weighted by atomic mass is 16.7. The molecule has 0 aromatic heterocycles. The van der Waals surface area contributed by atoms with Crippen LogP contribution in [0.25, 0.3) is 0 Å². The summed E-state index contributed by atoms with van der Waals surface area (Å²) < 4.78 is 23.6. The first-order valence-corrected chi connectivity index (χ1v) is 11.7. The standard InChI is InChI=1S/C26H40O4/c1-24(2,27-6)29-18-9-11-19-17(16-18)8-10-21-20(19)14-15-26(5)22(21)12-13-23(26)30-25(3,4)28-7/h9,11,16,20-23H,8,10,12-15H2,1-7H3/t20?,21?,22?,23-,26-/m0/s1. The predicted octanol–water partition coefficient (Wildman–Crippen LogP) is 6.07. The number of methoxy groups -OCH3 is 2. The third-order valence-corrected chi connectivity index (χ3v) is 8.38. The lowest BCUT2D eigenvalue weighted by Crippen LogP contribution is -2.47. The molecule has 3 aliphatic rings. The smallest absolute Gasteiger partial charge is 0.204 e. The van der Waals surface area contributed by atoms with Crippen LogP contribution in [0.1, 0.15) is 83.8 Å². The average molecular weight is 417 g/mol. The molecule has 1 aromatic rings. The Morgan fingerprint density at radius 1 is 0.933 bits per heavy atom. The van der Waals surface area contributed by atoms with Gasteiger partial charge in [-0.1, -0.05) is 13.0 Å². The fourth-order valence-corrected chi connectivity index (χ4v) is 6.48. The van der Waals surface area contributed by atoms with E-state index in [1.165, 1.54) is 31.2 Å². The number of hydrogen-bond donors (Lipinski definition) is 0. The molecule has 0 N–H and O–H groups in total. The van der Waals surface area contributed by atoms with Gasteiger partial charge < -0.3 is 18.9 Å². The highest BCUT2D eigenvalue weighted by molar-refractivity contribution is 5.41. The van der Waals surface area contributed by atoms with Gasteiger partial charge >= 0.3 is 0 Å². The Hall–Kier alpha value is -1.10. The Morgan fingerprint density at radius 3 is 2.37 bits per heavy atom. The lowest BCUT2D eigenvalue weighted by molar-refractivity contribution is -0.245. The van der Waals surface area contributed by atoms with E-state index in [-0.39, 0.29) is 5.41 Å². The van der Waals surface area contributed by atoms with Crippen LogP contribution < -0.4 is 4.74 Å². The molecular weight excluding hydrogens is 376 g/mol. The second-order valence-electron chi connectivity index (χ2n) is 10.8. The molecule has 5 atom stereocenters. The zero-order chi connectivity index (χ0) is 21.7. The van der Waals surface area contributed by atoms with Crippen molar-refractivity contribution in [3.05, 3.63) is 29.3 Å². The maximum absolute atomic E-state index is 6.49. The first-order valence-electron chi connectivity index (χ1n) is 11.7. The SMILES string of the molecule is COC(C)(C)Oc1ccc2c(c1)CCC1C2CC[C@@]2(C)C1CC[C@@H]2OC(C)(C)OC. The number of fused-ring (bicyclic) bond motifs is 5. The van der Waals surface area contributed by atoms with Gasteiger partial charge in [0.25, 0.3) is 0 Å². The molecule has 0 saturated heterocycles. The molecule has 4 nitrogen and oxygen atoms in total. The molecular formula is C26H40O4. The van der Waals surface area contributed by atoms with Crippen LogP contribution in [-0.4, -0.2) is 31.9 Å². The topological polar surface area (TPSA) is 36.9 Å². The molecule has 0 bridgehead atoms. The van der Waals surface area contributed by atoms with E-state index >= 15 is 0 Å². The van der Waals surface area contributed by atoms with Crippen LogP contribution in [0.3, 0.4) is 0 Å². The second kappa shape index (κ2) is 7.79. The Morgan fingerprint density at radius 2 is 1.67 bits per heavy atom. The van der Waals surface area contributed by atoms with E-state index in [2.05, 4.69) is 25.1 Å². The van der Waals surface area contributed by atoms with Crippen molar-refractivity contribution in [1.29, 1.82) is 0 Å². The molecule has 0 aliphatic heterocycles. The average Bonchev–Trinajstić information content (AvgIpc) is 3.03. The summed E-state index contributed by atoms with van der Waals surface area (Å²) >= 11 is 0. The van der Waals surface area contributed by atoms with Crippen molar-refractivity contribution in [3.8, 4) is 5.75 Å². The van der Waals surface area contributed by atoms with E-state index in [4.69, 9.17) is 18.9 Å². The number of ether oxygens (including phenoxy) is 4. The van der Waals surface area contributed by atoms with Crippen LogP contribution in [0, 0.1) is 17.3 Å². The lowest BCUT2D eigenvalue weighted by atomic mass is 9.55. The van der Waals surface area contributed by atoms with E-state index in [0.717, 1.165) is 30.4 Å². The maximum Gasteiger partial charge on any atom is 0.204 e. The van der Waals surface area contributed by atoms with Crippen LogP contribution >= 0.6 is 0 Å². The van der Waals surface area contributed by atoms with Gasteiger partial charge in [0, 0.05) is 28.1 Å². The van der Waals surface area contributed by atoms with Gasteiger partial charge in [-0.3, -0.25) is 0 Å². The van der Waals surface area contributed by atoms with Crippen molar-refractivity contribution in [2.45, 2.75) is 96.7 Å². The summed E-state index contributed by atoms with van der Waals surface area (Å²) in [4.78, 5) is 0. The van der Waals surface area contributed by atoms with Gasteiger partial charge in [-0.25, -0.2) is 0 Å². The van der Waals surface area contributed by atoms with Crippen LogP contribution in [0.15, 0.2) is 18.2 Å².